The van der Waals surface area contributed by atoms with Gasteiger partial charge in [-0.25, -0.2) is 4.98 Å². The van der Waals surface area contributed by atoms with Gasteiger partial charge in [-0.05, 0) is 30.0 Å². The number of anilines is 1. The second kappa shape index (κ2) is 9.22. The Labute approximate surface area is 114 Å². The molecule has 0 aromatic carbocycles. The Morgan fingerprint density at radius 2 is 2.33 bits per heavy atom. The summed E-state index contributed by atoms with van der Waals surface area (Å²) in [5.74, 6) is 3.37. The first kappa shape index (κ1) is 15.3. The summed E-state index contributed by atoms with van der Waals surface area (Å²) in [6.07, 6.45) is 4.33. The molecule has 0 aliphatic rings. The van der Waals surface area contributed by atoms with Crippen molar-refractivity contribution in [1.29, 1.82) is 0 Å². The molecule has 0 spiro atoms. The van der Waals surface area contributed by atoms with Crippen LogP contribution in [0.2, 0.25) is 0 Å². The third kappa shape index (κ3) is 6.26. The lowest BCUT2D eigenvalue weighted by Gasteiger charge is -2.12. The van der Waals surface area contributed by atoms with Gasteiger partial charge in [0.05, 0.1) is 6.61 Å². The monoisotopic (exact) mass is 268 g/mol. The zero-order valence-electron chi connectivity index (χ0n) is 11.4. The molecule has 4 heteroatoms. The molecular weight excluding hydrogens is 244 g/mol. The molecule has 0 aliphatic heterocycles. The van der Waals surface area contributed by atoms with Crippen LogP contribution in [0.3, 0.4) is 0 Å². The van der Waals surface area contributed by atoms with Gasteiger partial charge < -0.3 is 10.4 Å². The maximum absolute atomic E-state index is 8.75. The van der Waals surface area contributed by atoms with E-state index in [1.807, 2.05) is 12.3 Å². The molecule has 0 fully saturated rings. The smallest absolute Gasteiger partial charge is 0.126 e. The quantitative estimate of drug-likeness (QED) is 0.675. The molecule has 1 aromatic rings. The highest BCUT2D eigenvalue weighted by Crippen LogP contribution is 2.15. The van der Waals surface area contributed by atoms with Crippen LogP contribution in [0.25, 0.3) is 0 Å². The molecule has 0 radical (unpaired) electrons. The molecule has 0 saturated heterocycles. The fourth-order valence-corrected chi connectivity index (χ4v) is 2.48. The number of aliphatic hydroxyl groups excluding tert-OH is 1. The minimum absolute atomic E-state index is 0.245. The Bertz CT molecular complexity index is 333. The lowest BCUT2D eigenvalue weighted by atomic mass is 10.1. The van der Waals surface area contributed by atoms with Crippen molar-refractivity contribution in [3.63, 3.8) is 0 Å². The van der Waals surface area contributed by atoms with E-state index >= 15 is 0 Å². The highest BCUT2D eigenvalue weighted by Gasteiger charge is 2.02. The van der Waals surface area contributed by atoms with Crippen LogP contribution in [-0.4, -0.2) is 29.0 Å². The Balaban J connectivity index is 2.39. The average molecular weight is 268 g/mol. The van der Waals surface area contributed by atoms with Crippen LogP contribution in [0.1, 0.15) is 32.3 Å². The molecule has 1 heterocycles. The second-order valence-corrected chi connectivity index (χ2v) is 5.71. The van der Waals surface area contributed by atoms with Gasteiger partial charge in [0.15, 0.2) is 0 Å². The van der Waals surface area contributed by atoms with Crippen LogP contribution >= 0.6 is 11.8 Å². The van der Waals surface area contributed by atoms with Crippen LogP contribution in [0.15, 0.2) is 18.3 Å². The molecule has 1 aromatic heterocycles. The van der Waals surface area contributed by atoms with Gasteiger partial charge in [0.1, 0.15) is 5.82 Å². The number of aliphatic hydroxyl groups is 1. The largest absolute Gasteiger partial charge is 0.396 e. The van der Waals surface area contributed by atoms with Gasteiger partial charge in [-0.15, -0.1) is 0 Å². The van der Waals surface area contributed by atoms with Crippen molar-refractivity contribution in [3.05, 3.63) is 23.9 Å². The summed E-state index contributed by atoms with van der Waals surface area (Å²) in [6, 6.07) is 4.13. The lowest BCUT2D eigenvalue weighted by Crippen LogP contribution is -2.11. The molecule has 3 nitrogen and oxygen atoms in total. The topological polar surface area (TPSA) is 45.1 Å². The fourth-order valence-electron chi connectivity index (χ4n) is 1.79. The van der Waals surface area contributed by atoms with Gasteiger partial charge in [0, 0.05) is 24.2 Å². The summed E-state index contributed by atoms with van der Waals surface area (Å²) in [7, 11) is 0. The van der Waals surface area contributed by atoms with Gasteiger partial charge in [-0.3, -0.25) is 0 Å². The van der Waals surface area contributed by atoms with E-state index < -0.39 is 0 Å². The van der Waals surface area contributed by atoms with Crippen LogP contribution in [-0.2, 0) is 5.75 Å². The van der Waals surface area contributed by atoms with E-state index in [1.54, 1.807) is 11.8 Å². The highest BCUT2D eigenvalue weighted by atomic mass is 32.2. The molecule has 2 N–H and O–H groups in total. The molecule has 0 saturated carbocycles. The van der Waals surface area contributed by atoms with Crippen LogP contribution in [0, 0.1) is 5.92 Å². The Hall–Kier alpha value is -0.740. The predicted octanol–water partition coefficient (Wildman–Crippen LogP) is 3.16. The van der Waals surface area contributed by atoms with E-state index in [2.05, 4.69) is 30.2 Å². The summed E-state index contributed by atoms with van der Waals surface area (Å²) in [5.41, 5.74) is 1.26. The number of aromatic nitrogens is 1. The summed E-state index contributed by atoms with van der Waals surface area (Å²) in [4.78, 5) is 4.33. The first-order valence-corrected chi connectivity index (χ1v) is 7.79. The second-order valence-electron chi connectivity index (χ2n) is 4.60. The fraction of sp³-hybridized carbons (Fsp3) is 0.643. The van der Waals surface area contributed by atoms with Crippen LogP contribution < -0.4 is 5.32 Å². The number of hydrogen-bond acceptors (Lipinski definition) is 4. The number of pyridine rings is 1. The number of hydrogen-bond donors (Lipinski definition) is 2. The maximum atomic E-state index is 8.75. The van der Waals surface area contributed by atoms with E-state index in [1.165, 1.54) is 18.4 Å². The van der Waals surface area contributed by atoms with Crippen molar-refractivity contribution < 1.29 is 5.11 Å². The molecule has 0 aliphatic carbocycles. The standard InChI is InChI=1S/C14H24N2OS/c1-3-4-12(2)10-16-14-9-13(5-6-15-14)11-18-8-7-17/h5-6,9,12,17H,3-4,7-8,10-11H2,1-2H3,(H,15,16). The van der Waals surface area contributed by atoms with Gasteiger partial charge in [-0.1, -0.05) is 20.3 Å². The van der Waals surface area contributed by atoms with Gasteiger partial charge in [0.25, 0.3) is 0 Å². The van der Waals surface area contributed by atoms with Crippen molar-refractivity contribution in [2.45, 2.75) is 32.4 Å². The minimum atomic E-state index is 0.245. The average Bonchev–Trinajstić information content (AvgIpc) is 2.38. The first-order valence-electron chi connectivity index (χ1n) is 6.63. The zero-order chi connectivity index (χ0) is 13.2. The Morgan fingerprint density at radius 1 is 1.50 bits per heavy atom. The highest BCUT2D eigenvalue weighted by molar-refractivity contribution is 7.98. The number of rotatable bonds is 9. The van der Waals surface area contributed by atoms with Crippen molar-refractivity contribution >= 4 is 17.6 Å². The number of thioether (sulfide) groups is 1. The molecule has 0 bridgehead atoms. The van der Waals surface area contributed by atoms with Crippen molar-refractivity contribution in [3.8, 4) is 0 Å². The molecule has 18 heavy (non-hydrogen) atoms. The van der Waals surface area contributed by atoms with Crippen molar-refractivity contribution in [2.24, 2.45) is 5.92 Å². The van der Waals surface area contributed by atoms with Gasteiger partial charge in [-0.2, -0.15) is 11.8 Å². The number of nitrogens with one attached hydrogen (secondary N) is 1. The normalized spacial score (nSPS) is 12.4. The van der Waals surface area contributed by atoms with Gasteiger partial charge in [0.2, 0.25) is 0 Å². The maximum Gasteiger partial charge on any atom is 0.126 e. The molecule has 102 valence electrons. The predicted molar refractivity (Wildman–Crippen MR) is 80.0 cm³/mol. The van der Waals surface area contributed by atoms with E-state index in [9.17, 15) is 0 Å². The Morgan fingerprint density at radius 3 is 3.06 bits per heavy atom. The third-order valence-electron chi connectivity index (χ3n) is 2.74. The van der Waals surface area contributed by atoms with Crippen molar-refractivity contribution in [1.82, 2.24) is 4.98 Å². The summed E-state index contributed by atoms with van der Waals surface area (Å²) < 4.78 is 0. The SMILES string of the molecule is CCCC(C)CNc1cc(CSCCO)ccn1. The van der Waals surface area contributed by atoms with Crippen molar-refractivity contribution in [2.75, 3.05) is 24.2 Å². The van der Waals surface area contributed by atoms with Crippen LogP contribution in [0.5, 0.6) is 0 Å². The number of nitrogens with zero attached hydrogens (tertiary/aromatic N) is 1. The van der Waals surface area contributed by atoms with E-state index in [0.29, 0.717) is 5.92 Å². The minimum Gasteiger partial charge on any atom is -0.396 e. The summed E-state index contributed by atoms with van der Waals surface area (Å²) in [6.45, 7) is 5.70. The molecule has 1 rings (SSSR count). The summed E-state index contributed by atoms with van der Waals surface area (Å²) >= 11 is 1.74. The van der Waals surface area contributed by atoms with E-state index in [4.69, 9.17) is 5.11 Å². The van der Waals surface area contributed by atoms with Crippen LogP contribution in [0.4, 0.5) is 5.82 Å². The molecule has 0 amide bonds. The first-order chi connectivity index (χ1) is 8.76. The van der Waals surface area contributed by atoms with E-state index in [0.717, 1.165) is 23.9 Å². The molecule has 1 unspecified atom stereocenters. The Kier molecular flexibility index (Phi) is 7.85. The third-order valence-corrected chi connectivity index (χ3v) is 3.75. The zero-order valence-corrected chi connectivity index (χ0v) is 12.2. The lowest BCUT2D eigenvalue weighted by molar-refractivity contribution is 0.322. The van der Waals surface area contributed by atoms with E-state index in [-0.39, 0.29) is 6.61 Å². The van der Waals surface area contributed by atoms with Gasteiger partial charge >= 0.3 is 0 Å². The summed E-state index contributed by atoms with van der Waals surface area (Å²) in [5, 5.41) is 12.1. The molecule has 1 atom stereocenters. The molecular formula is C14H24N2OS.